The number of hydrogen-bond donors (Lipinski definition) is 1. The minimum Gasteiger partial charge on any atom is -0.355 e. The van der Waals surface area contributed by atoms with Gasteiger partial charge in [-0.3, -0.25) is 13.9 Å². The largest absolute Gasteiger partial charge is 0.355 e. The van der Waals surface area contributed by atoms with E-state index in [-0.39, 0.29) is 23.5 Å². The Morgan fingerprint density at radius 2 is 1.45 bits per heavy atom. The summed E-state index contributed by atoms with van der Waals surface area (Å²) in [5.41, 5.74) is 2.07. The van der Waals surface area contributed by atoms with Crippen molar-refractivity contribution in [2.75, 3.05) is 17.4 Å². The molecule has 0 radical (unpaired) electrons. The van der Waals surface area contributed by atoms with Crippen LogP contribution in [0.3, 0.4) is 0 Å². The van der Waals surface area contributed by atoms with E-state index in [1.165, 1.54) is 23.1 Å². The van der Waals surface area contributed by atoms with E-state index in [1.54, 1.807) is 62.4 Å². The molecule has 0 spiro atoms. The number of nitrogens with one attached hydrogen (secondary N) is 1. The smallest absolute Gasteiger partial charge is 0.264 e. The zero-order valence-electron chi connectivity index (χ0n) is 24.2. The molecule has 0 saturated heterocycles. The van der Waals surface area contributed by atoms with E-state index in [2.05, 4.69) is 5.32 Å². The molecule has 1 N–H and O–H groups in total. The summed E-state index contributed by atoms with van der Waals surface area (Å²) < 4.78 is 29.2. The molecule has 7 nitrogen and oxygen atoms in total. The molecule has 0 fully saturated rings. The Balaban J connectivity index is 1.85. The Kier molecular flexibility index (Phi) is 11.3. The lowest BCUT2D eigenvalue weighted by Gasteiger charge is -2.34. The Hall–Kier alpha value is -3.56. The van der Waals surface area contributed by atoms with Gasteiger partial charge in [-0.1, -0.05) is 95.5 Å². The molecule has 4 aromatic carbocycles. The lowest BCUT2D eigenvalue weighted by molar-refractivity contribution is -0.140. The van der Waals surface area contributed by atoms with Crippen molar-refractivity contribution >= 4 is 62.3 Å². The first kappa shape index (κ1) is 33.3. The first-order chi connectivity index (χ1) is 21.0. The van der Waals surface area contributed by atoms with Gasteiger partial charge in [-0.25, -0.2) is 8.42 Å². The van der Waals surface area contributed by atoms with Crippen molar-refractivity contribution in [3.8, 4) is 0 Å². The van der Waals surface area contributed by atoms with Crippen molar-refractivity contribution in [2.45, 2.75) is 37.8 Å². The molecule has 44 heavy (non-hydrogen) atoms. The van der Waals surface area contributed by atoms with E-state index >= 15 is 0 Å². The zero-order chi connectivity index (χ0) is 31.9. The van der Waals surface area contributed by atoms with Gasteiger partial charge < -0.3 is 10.2 Å². The minimum absolute atomic E-state index is 0.00237. The van der Waals surface area contributed by atoms with Crippen molar-refractivity contribution in [3.05, 3.63) is 129 Å². The van der Waals surface area contributed by atoms with Crippen LogP contribution in [0.4, 0.5) is 5.69 Å². The van der Waals surface area contributed by atoms with Crippen LogP contribution in [0, 0.1) is 6.92 Å². The highest BCUT2D eigenvalue weighted by Gasteiger charge is 2.35. The van der Waals surface area contributed by atoms with Crippen molar-refractivity contribution in [2.24, 2.45) is 0 Å². The maximum Gasteiger partial charge on any atom is 0.264 e. The minimum atomic E-state index is -4.25. The maximum absolute atomic E-state index is 14.5. The second kappa shape index (κ2) is 14.9. The SMILES string of the molecule is CCNC(=O)[C@@H](Cc1ccccc1)N(Cc1c(Cl)cccc1Cl)C(=O)CN(c1cc(Cl)ccc1C)S(=O)(=O)c1ccccc1. The van der Waals surface area contributed by atoms with Gasteiger partial charge in [0.2, 0.25) is 11.8 Å². The third-order valence-electron chi connectivity index (χ3n) is 7.06. The Labute approximate surface area is 273 Å². The van der Waals surface area contributed by atoms with Crippen LogP contribution in [-0.4, -0.2) is 44.3 Å². The molecule has 2 amide bonds. The van der Waals surface area contributed by atoms with Crippen LogP contribution in [0.1, 0.15) is 23.6 Å². The topological polar surface area (TPSA) is 86.8 Å². The highest BCUT2D eigenvalue weighted by atomic mass is 35.5. The van der Waals surface area contributed by atoms with Gasteiger partial charge in [-0.05, 0) is 61.4 Å². The standard InChI is InChI=1S/C33H32Cl3N3O4S/c1-3-37-33(41)31(19-24-11-6-4-7-12-24)38(21-27-28(35)15-10-16-29(27)36)32(40)22-39(30-20-25(34)18-17-23(30)2)44(42,43)26-13-8-5-9-14-26/h4-18,20,31H,3,19,21-22H2,1-2H3,(H,37,41)/t31-/m1/s1. The van der Waals surface area contributed by atoms with Crippen LogP contribution in [0.15, 0.2) is 102 Å². The monoisotopic (exact) mass is 671 g/mol. The zero-order valence-corrected chi connectivity index (χ0v) is 27.3. The highest BCUT2D eigenvalue weighted by Crippen LogP contribution is 2.31. The molecule has 4 rings (SSSR count). The first-order valence-electron chi connectivity index (χ1n) is 13.9. The van der Waals surface area contributed by atoms with E-state index in [0.29, 0.717) is 32.7 Å². The van der Waals surface area contributed by atoms with Crippen LogP contribution < -0.4 is 9.62 Å². The lowest BCUT2D eigenvalue weighted by atomic mass is 10.0. The fraction of sp³-hybridized carbons (Fsp3) is 0.212. The molecule has 0 aliphatic heterocycles. The van der Waals surface area contributed by atoms with Crippen LogP contribution in [0.2, 0.25) is 15.1 Å². The number of anilines is 1. The second-order valence-electron chi connectivity index (χ2n) is 10.1. The number of halogens is 3. The van der Waals surface area contributed by atoms with Gasteiger partial charge in [-0.2, -0.15) is 0 Å². The Morgan fingerprint density at radius 1 is 0.841 bits per heavy atom. The average Bonchev–Trinajstić information content (AvgIpc) is 3.01. The Morgan fingerprint density at radius 3 is 2.07 bits per heavy atom. The summed E-state index contributed by atoms with van der Waals surface area (Å²) in [6, 6.07) is 25.9. The van der Waals surface area contributed by atoms with E-state index in [0.717, 1.165) is 9.87 Å². The van der Waals surface area contributed by atoms with Crippen LogP contribution in [0.25, 0.3) is 0 Å². The predicted octanol–water partition coefficient (Wildman–Crippen LogP) is 6.93. The highest BCUT2D eigenvalue weighted by molar-refractivity contribution is 7.92. The van der Waals surface area contributed by atoms with Gasteiger partial charge in [0.25, 0.3) is 10.0 Å². The van der Waals surface area contributed by atoms with E-state index < -0.39 is 34.4 Å². The van der Waals surface area contributed by atoms with Crippen LogP contribution >= 0.6 is 34.8 Å². The fourth-order valence-electron chi connectivity index (χ4n) is 4.78. The third-order valence-corrected chi connectivity index (χ3v) is 9.78. The van der Waals surface area contributed by atoms with E-state index in [1.807, 2.05) is 30.3 Å². The van der Waals surface area contributed by atoms with Gasteiger partial charge in [0.15, 0.2) is 0 Å². The number of nitrogens with zero attached hydrogens (tertiary/aromatic N) is 2. The maximum atomic E-state index is 14.5. The summed E-state index contributed by atoms with van der Waals surface area (Å²) in [7, 11) is -4.25. The van der Waals surface area contributed by atoms with Gasteiger partial charge in [-0.15, -0.1) is 0 Å². The summed E-state index contributed by atoms with van der Waals surface area (Å²) in [5, 5.41) is 3.75. The summed E-state index contributed by atoms with van der Waals surface area (Å²) in [6.07, 6.45) is 0.169. The van der Waals surface area contributed by atoms with E-state index in [9.17, 15) is 18.0 Å². The summed E-state index contributed by atoms with van der Waals surface area (Å²) in [4.78, 5) is 29.4. The molecular formula is C33H32Cl3N3O4S. The molecule has 4 aromatic rings. The third kappa shape index (κ3) is 7.93. The molecule has 11 heteroatoms. The number of likely N-dealkylation sites (N-methyl/N-ethyl adjacent to an activating group) is 1. The molecule has 0 heterocycles. The van der Waals surface area contributed by atoms with Crippen LogP contribution in [-0.2, 0) is 32.6 Å². The van der Waals surface area contributed by atoms with Gasteiger partial charge in [0.05, 0.1) is 10.6 Å². The van der Waals surface area contributed by atoms with E-state index in [4.69, 9.17) is 34.8 Å². The second-order valence-corrected chi connectivity index (χ2v) is 13.2. The summed E-state index contributed by atoms with van der Waals surface area (Å²) >= 11 is 19.4. The first-order valence-corrected chi connectivity index (χ1v) is 16.5. The van der Waals surface area contributed by atoms with Crippen molar-refractivity contribution in [1.82, 2.24) is 10.2 Å². The number of rotatable bonds is 12. The molecule has 0 aliphatic carbocycles. The van der Waals surface area contributed by atoms with Gasteiger partial charge in [0.1, 0.15) is 12.6 Å². The molecule has 0 aliphatic rings. The van der Waals surface area contributed by atoms with Crippen LogP contribution in [0.5, 0.6) is 0 Å². The molecule has 230 valence electrons. The van der Waals surface area contributed by atoms with Crippen molar-refractivity contribution < 1.29 is 18.0 Å². The number of amides is 2. The molecule has 1 atom stereocenters. The van der Waals surface area contributed by atoms with Crippen molar-refractivity contribution in [3.63, 3.8) is 0 Å². The molecular weight excluding hydrogens is 641 g/mol. The number of sulfonamides is 1. The number of hydrogen-bond acceptors (Lipinski definition) is 4. The van der Waals surface area contributed by atoms with Gasteiger partial charge in [0, 0.05) is 40.1 Å². The average molecular weight is 673 g/mol. The molecule has 0 unspecified atom stereocenters. The fourth-order valence-corrected chi connectivity index (χ4v) is 6.96. The number of aryl methyl sites for hydroxylation is 1. The number of benzene rings is 4. The lowest BCUT2D eigenvalue weighted by Crippen LogP contribution is -2.53. The number of carbonyl (C=O) groups is 2. The van der Waals surface area contributed by atoms with Gasteiger partial charge >= 0.3 is 0 Å². The molecule has 0 saturated carbocycles. The number of carbonyl (C=O) groups excluding carboxylic acids is 2. The summed E-state index contributed by atoms with van der Waals surface area (Å²) in [6.45, 7) is 3.09. The molecule has 0 aromatic heterocycles. The van der Waals surface area contributed by atoms with Crippen molar-refractivity contribution in [1.29, 1.82) is 0 Å². The molecule has 0 bridgehead atoms. The predicted molar refractivity (Wildman–Crippen MR) is 177 cm³/mol. The normalized spacial score (nSPS) is 11.9. The Bertz CT molecular complexity index is 1700. The quantitative estimate of drug-likeness (QED) is 0.177. The summed E-state index contributed by atoms with van der Waals surface area (Å²) in [5.74, 6) is -1.03.